The first kappa shape index (κ1) is 15.3. The van der Waals surface area contributed by atoms with Gasteiger partial charge in [0.1, 0.15) is 11.4 Å². The number of esters is 1. The van der Waals surface area contributed by atoms with Crippen LogP contribution in [0.1, 0.15) is 62.7 Å². The van der Waals surface area contributed by atoms with Gasteiger partial charge in [0.15, 0.2) is 0 Å². The van der Waals surface area contributed by atoms with E-state index in [-0.39, 0.29) is 12.1 Å². The van der Waals surface area contributed by atoms with E-state index in [1.807, 2.05) is 26.0 Å². The quantitative estimate of drug-likeness (QED) is 0.796. The van der Waals surface area contributed by atoms with Gasteiger partial charge < -0.3 is 9.64 Å². The van der Waals surface area contributed by atoms with Crippen molar-refractivity contribution in [2.24, 2.45) is 5.41 Å². The number of pyridine rings is 1. The molecule has 0 N–H and O–H groups in total. The zero-order valence-electron chi connectivity index (χ0n) is 13.7. The Morgan fingerprint density at radius 3 is 2.55 bits per heavy atom. The molecule has 1 aliphatic heterocycles. The molecule has 1 saturated heterocycles. The third-order valence-electron chi connectivity index (χ3n) is 5.14. The number of aromatic nitrogens is 1. The van der Waals surface area contributed by atoms with Crippen molar-refractivity contribution in [2.45, 2.75) is 58.5 Å². The smallest absolute Gasteiger partial charge is 0.342 e. The van der Waals surface area contributed by atoms with E-state index in [1.54, 1.807) is 6.20 Å². The van der Waals surface area contributed by atoms with E-state index in [9.17, 15) is 4.79 Å². The van der Waals surface area contributed by atoms with Crippen LogP contribution in [0.2, 0.25) is 0 Å². The molecule has 1 aromatic rings. The molecular weight excluding hydrogens is 276 g/mol. The van der Waals surface area contributed by atoms with Gasteiger partial charge in [0, 0.05) is 19.3 Å². The summed E-state index contributed by atoms with van der Waals surface area (Å²) < 4.78 is 5.36. The fourth-order valence-corrected chi connectivity index (χ4v) is 3.90. The molecule has 22 heavy (non-hydrogen) atoms. The van der Waals surface area contributed by atoms with Gasteiger partial charge in [-0.3, -0.25) is 0 Å². The Morgan fingerprint density at radius 1 is 1.23 bits per heavy atom. The molecule has 0 unspecified atom stereocenters. The number of piperidine rings is 1. The molecule has 0 bridgehead atoms. The van der Waals surface area contributed by atoms with Crippen LogP contribution in [0.15, 0.2) is 18.3 Å². The SMILES string of the molecule is CC(C)OC(=O)c1cccnc1N1CCC2(CCCC2)CC1. The maximum atomic E-state index is 12.3. The Kier molecular flexibility index (Phi) is 4.37. The van der Waals surface area contributed by atoms with Crippen LogP contribution in [0.4, 0.5) is 5.82 Å². The first-order chi connectivity index (χ1) is 10.6. The van der Waals surface area contributed by atoms with Gasteiger partial charge >= 0.3 is 5.97 Å². The third kappa shape index (κ3) is 3.11. The van der Waals surface area contributed by atoms with E-state index < -0.39 is 0 Å². The van der Waals surface area contributed by atoms with Crippen molar-refractivity contribution in [1.82, 2.24) is 4.98 Å². The summed E-state index contributed by atoms with van der Waals surface area (Å²) in [6.45, 7) is 5.75. The van der Waals surface area contributed by atoms with E-state index in [0.29, 0.717) is 11.0 Å². The second-order valence-electron chi connectivity index (χ2n) is 7.02. The van der Waals surface area contributed by atoms with E-state index in [0.717, 1.165) is 18.9 Å². The highest BCUT2D eigenvalue weighted by molar-refractivity contribution is 5.94. The number of anilines is 1. The van der Waals surface area contributed by atoms with Crippen molar-refractivity contribution in [3.63, 3.8) is 0 Å². The maximum Gasteiger partial charge on any atom is 0.342 e. The highest BCUT2D eigenvalue weighted by atomic mass is 16.5. The molecule has 0 aromatic carbocycles. The van der Waals surface area contributed by atoms with Crippen LogP contribution in [0.5, 0.6) is 0 Å². The van der Waals surface area contributed by atoms with Gasteiger partial charge in [0.25, 0.3) is 0 Å². The maximum absolute atomic E-state index is 12.3. The third-order valence-corrected chi connectivity index (χ3v) is 5.14. The lowest BCUT2D eigenvalue weighted by Crippen LogP contribution is -2.40. The van der Waals surface area contributed by atoms with Crippen LogP contribution in [0.3, 0.4) is 0 Å². The van der Waals surface area contributed by atoms with Crippen LogP contribution in [-0.4, -0.2) is 30.1 Å². The Labute approximate surface area is 132 Å². The topological polar surface area (TPSA) is 42.4 Å². The normalized spacial score (nSPS) is 20.6. The lowest BCUT2D eigenvalue weighted by atomic mass is 9.77. The lowest BCUT2D eigenvalue weighted by Gasteiger charge is -2.40. The second kappa shape index (κ2) is 6.27. The first-order valence-corrected chi connectivity index (χ1v) is 8.51. The predicted octanol–water partition coefficient (Wildman–Crippen LogP) is 3.81. The van der Waals surface area contributed by atoms with Gasteiger partial charge in [-0.25, -0.2) is 9.78 Å². The largest absolute Gasteiger partial charge is 0.459 e. The molecule has 2 aliphatic rings. The number of hydrogen-bond acceptors (Lipinski definition) is 4. The number of hydrogen-bond donors (Lipinski definition) is 0. The van der Waals surface area contributed by atoms with Crippen molar-refractivity contribution >= 4 is 11.8 Å². The number of rotatable bonds is 3. The fourth-order valence-electron chi connectivity index (χ4n) is 3.90. The molecule has 0 atom stereocenters. The van der Waals surface area contributed by atoms with E-state index in [2.05, 4.69) is 9.88 Å². The van der Waals surface area contributed by atoms with Crippen LogP contribution < -0.4 is 4.90 Å². The summed E-state index contributed by atoms with van der Waals surface area (Å²) in [6, 6.07) is 3.63. The number of carbonyl (C=O) groups excluding carboxylic acids is 1. The van der Waals surface area contributed by atoms with Crippen LogP contribution in [0.25, 0.3) is 0 Å². The monoisotopic (exact) mass is 302 g/mol. The molecule has 1 saturated carbocycles. The lowest BCUT2D eigenvalue weighted by molar-refractivity contribution is 0.0378. The highest BCUT2D eigenvalue weighted by Gasteiger charge is 2.37. The van der Waals surface area contributed by atoms with Gasteiger partial charge in [-0.05, 0) is 57.1 Å². The summed E-state index contributed by atoms with van der Waals surface area (Å²) >= 11 is 0. The van der Waals surface area contributed by atoms with E-state index in [1.165, 1.54) is 38.5 Å². The summed E-state index contributed by atoms with van der Waals surface area (Å²) in [7, 11) is 0. The van der Waals surface area contributed by atoms with Gasteiger partial charge in [0.05, 0.1) is 6.10 Å². The van der Waals surface area contributed by atoms with Gasteiger partial charge in [-0.2, -0.15) is 0 Å². The standard InChI is InChI=1S/C18H26N2O2/c1-14(2)22-17(21)15-6-5-11-19-16(15)20-12-9-18(10-13-20)7-3-4-8-18/h5-6,11,14H,3-4,7-10,12-13H2,1-2H3. The van der Waals surface area contributed by atoms with Crippen molar-refractivity contribution in [2.75, 3.05) is 18.0 Å². The summed E-state index contributed by atoms with van der Waals surface area (Å²) in [5, 5.41) is 0. The summed E-state index contributed by atoms with van der Waals surface area (Å²) in [4.78, 5) is 19.0. The summed E-state index contributed by atoms with van der Waals surface area (Å²) in [5.41, 5.74) is 1.17. The molecule has 1 aromatic heterocycles. The van der Waals surface area contributed by atoms with Crippen LogP contribution >= 0.6 is 0 Å². The Morgan fingerprint density at radius 2 is 1.91 bits per heavy atom. The average molecular weight is 302 g/mol. The van der Waals surface area contributed by atoms with Crippen molar-refractivity contribution in [1.29, 1.82) is 0 Å². The van der Waals surface area contributed by atoms with Crippen molar-refractivity contribution < 1.29 is 9.53 Å². The molecule has 1 spiro atoms. The molecule has 1 aliphatic carbocycles. The molecule has 3 rings (SSSR count). The zero-order chi connectivity index (χ0) is 15.6. The zero-order valence-corrected chi connectivity index (χ0v) is 13.7. The minimum absolute atomic E-state index is 0.108. The van der Waals surface area contributed by atoms with Gasteiger partial charge in [0.2, 0.25) is 0 Å². The van der Waals surface area contributed by atoms with Crippen LogP contribution in [0, 0.1) is 5.41 Å². The van der Waals surface area contributed by atoms with Gasteiger partial charge in [-0.1, -0.05) is 12.8 Å². The van der Waals surface area contributed by atoms with Crippen molar-refractivity contribution in [3.05, 3.63) is 23.9 Å². The summed E-state index contributed by atoms with van der Waals surface area (Å²) in [6.07, 6.45) is 9.64. The Balaban J connectivity index is 1.74. The molecule has 4 heteroatoms. The van der Waals surface area contributed by atoms with Crippen molar-refractivity contribution in [3.8, 4) is 0 Å². The molecule has 2 heterocycles. The van der Waals surface area contributed by atoms with E-state index >= 15 is 0 Å². The Hall–Kier alpha value is -1.58. The number of nitrogens with zero attached hydrogens (tertiary/aromatic N) is 2. The molecule has 0 amide bonds. The molecular formula is C18H26N2O2. The highest BCUT2D eigenvalue weighted by Crippen LogP contribution is 2.46. The van der Waals surface area contributed by atoms with E-state index in [4.69, 9.17) is 4.74 Å². The molecule has 120 valence electrons. The average Bonchev–Trinajstić information content (AvgIpc) is 2.96. The number of carbonyl (C=O) groups is 1. The molecule has 2 fully saturated rings. The number of ether oxygens (including phenoxy) is 1. The fraction of sp³-hybridized carbons (Fsp3) is 0.667. The predicted molar refractivity (Wildman–Crippen MR) is 87.1 cm³/mol. The first-order valence-electron chi connectivity index (χ1n) is 8.51. The van der Waals surface area contributed by atoms with Gasteiger partial charge in [-0.15, -0.1) is 0 Å². The molecule has 4 nitrogen and oxygen atoms in total. The minimum Gasteiger partial charge on any atom is -0.459 e. The van der Waals surface area contributed by atoms with Crippen LogP contribution in [-0.2, 0) is 4.74 Å². The summed E-state index contributed by atoms with van der Waals surface area (Å²) in [5.74, 6) is 0.528. The minimum atomic E-state index is -0.265. The molecule has 0 radical (unpaired) electrons. The Bertz CT molecular complexity index is 526. The second-order valence-corrected chi connectivity index (χ2v) is 7.02.